The Kier molecular flexibility index (Phi) is 5.37. The highest BCUT2D eigenvalue weighted by Crippen LogP contribution is 2.32. The summed E-state index contributed by atoms with van der Waals surface area (Å²) in [5, 5.41) is 13.5. The van der Waals surface area contributed by atoms with Gasteiger partial charge in [-0.05, 0) is 37.1 Å². The van der Waals surface area contributed by atoms with Crippen LogP contribution in [0.15, 0.2) is 60.9 Å². The molecule has 0 aliphatic rings. The molecule has 0 saturated carbocycles. The van der Waals surface area contributed by atoms with Gasteiger partial charge < -0.3 is 9.84 Å². The number of benzene rings is 2. The molecule has 0 amide bonds. The van der Waals surface area contributed by atoms with Crippen LogP contribution in [-0.4, -0.2) is 20.9 Å². The molecule has 0 fully saturated rings. The van der Waals surface area contributed by atoms with Gasteiger partial charge >= 0.3 is 5.97 Å². The molecule has 0 spiro atoms. The van der Waals surface area contributed by atoms with Crippen molar-refractivity contribution in [3.63, 3.8) is 0 Å². The SMILES string of the molecule is CC(C)n1cc(-c2cc(CC(=O)O)ccc2OCc2ccccc2)cn1. The maximum Gasteiger partial charge on any atom is 0.307 e. The van der Waals surface area contributed by atoms with Gasteiger partial charge in [-0.3, -0.25) is 9.48 Å². The summed E-state index contributed by atoms with van der Waals surface area (Å²) in [6, 6.07) is 15.7. The molecule has 0 unspecified atom stereocenters. The van der Waals surface area contributed by atoms with Crippen molar-refractivity contribution in [3.8, 4) is 16.9 Å². The summed E-state index contributed by atoms with van der Waals surface area (Å²) < 4.78 is 7.90. The predicted octanol–water partition coefficient (Wildman–Crippen LogP) is 4.34. The average molecular weight is 350 g/mol. The molecule has 0 saturated heterocycles. The van der Waals surface area contributed by atoms with Gasteiger partial charge in [0.2, 0.25) is 0 Å². The van der Waals surface area contributed by atoms with E-state index in [-0.39, 0.29) is 12.5 Å². The van der Waals surface area contributed by atoms with E-state index in [9.17, 15) is 4.79 Å². The molecule has 3 aromatic rings. The topological polar surface area (TPSA) is 64.4 Å². The number of hydrogen-bond donors (Lipinski definition) is 1. The lowest BCUT2D eigenvalue weighted by Crippen LogP contribution is -2.02. The molecule has 0 radical (unpaired) electrons. The first-order chi connectivity index (χ1) is 12.5. The van der Waals surface area contributed by atoms with Crippen molar-refractivity contribution in [2.75, 3.05) is 0 Å². The number of aromatic nitrogens is 2. The molecule has 26 heavy (non-hydrogen) atoms. The molecule has 1 aromatic heterocycles. The van der Waals surface area contributed by atoms with Crippen molar-refractivity contribution >= 4 is 5.97 Å². The number of nitrogens with zero attached hydrogens (tertiary/aromatic N) is 2. The lowest BCUT2D eigenvalue weighted by Gasteiger charge is -2.12. The van der Waals surface area contributed by atoms with Gasteiger partial charge in [-0.2, -0.15) is 5.10 Å². The van der Waals surface area contributed by atoms with Gasteiger partial charge in [-0.1, -0.05) is 36.4 Å². The molecule has 0 atom stereocenters. The smallest absolute Gasteiger partial charge is 0.307 e. The van der Waals surface area contributed by atoms with Crippen molar-refractivity contribution in [3.05, 3.63) is 72.1 Å². The van der Waals surface area contributed by atoms with Crippen molar-refractivity contribution in [2.24, 2.45) is 0 Å². The zero-order valence-corrected chi connectivity index (χ0v) is 14.9. The maximum atomic E-state index is 11.1. The van der Waals surface area contributed by atoms with E-state index in [2.05, 4.69) is 18.9 Å². The summed E-state index contributed by atoms with van der Waals surface area (Å²) >= 11 is 0. The van der Waals surface area contributed by atoms with Gasteiger partial charge in [0.05, 0.1) is 12.6 Å². The molecule has 0 bridgehead atoms. The largest absolute Gasteiger partial charge is 0.488 e. The Bertz CT molecular complexity index is 885. The van der Waals surface area contributed by atoms with Gasteiger partial charge in [-0.25, -0.2) is 0 Å². The second kappa shape index (κ2) is 7.87. The molecule has 3 rings (SSSR count). The minimum atomic E-state index is -0.855. The molecular weight excluding hydrogens is 328 g/mol. The van der Waals surface area contributed by atoms with Crippen molar-refractivity contribution in [1.29, 1.82) is 0 Å². The third kappa shape index (κ3) is 4.30. The van der Waals surface area contributed by atoms with Crippen LogP contribution < -0.4 is 4.74 Å². The van der Waals surface area contributed by atoms with Gasteiger partial charge in [0, 0.05) is 23.4 Å². The van der Waals surface area contributed by atoms with E-state index in [0.717, 1.165) is 22.3 Å². The third-order valence-electron chi connectivity index (χ3n) is 4.08. The minimum absolute atomic E-state index is 0.0235. The molecule has 2 aromatic carbocycles. The Balaban J connectivity index is 1.92. The number of rotatable bonds is 7. The average Bonchev–Trinajstić information content (AvgIpc) is 3.11. The van der Waals surface area contributed by atoms with Gasteiger partial charge in [-0.15, -0.1) is 0 Å². The first-order valence-electron chi connectivity index (χ1n) is 8.59. The monoisotopic (exact) mass is 350 g/mol. The first-order valence-corrected chi connectivity index (χ1v) is 8.59. The van der Waals surface area contributed by atoms with Crippen LogP contribution in [0.5, 0.6) is 5.75 Å². The van der Waals surface area contributed by atoms with Gasteiger partial charge in [0.25, 0.3) is 0 Å². The number of carboxylic acid groups (broad SMARTS) is 1. The Morgan fingerprint density at radius 3 is 2.58 bits per heavy atom. The zero-order chi connectivity index (χ0) is 18.5. The Morgan fingerprint density at radius 2 is 1.92 bits per heavy atom. The number of carbonyl (C=O) groups is 1. The fraction of sp³-hybridized carbons (Fsp3) is 0.238. The highest BCUT2D eigenvalue weighted by Gasteiger charge is 2.13. The van der Waals surface area contributed by atoms with E-state index in [1.807, 2.05) is 53.3 Å². The summed E-state index contributed by atoms with van der Waals surface area (Å²) in [7, 11) is 0. The third-order valence-corrected chi connectivity index (χ3v) is 4.08. The van der Waals surface area contributed by atoms with Crippen molar-refractivity contribution < 1.29 is 14.6 Å². The number of aliphatic carboxylic acids is 1. The number of ether oxygens (including phenoxy) is 1. The summed E-state index contributed by atoms with van der Waals surface area (Å²) in [5.41, 5.74) is 3.57. The summed E-state index contributed by atoms with van der Waals surface area (Å²) in [6.07, 6.45) is 3.72. The van der Waals surface area contributed by atoms with E-state index in [0.29, 0.717) is 12.4 Å². The van der Waals surface area contributed by atoms with E-state index >= 15 is 0 Å². The first kappa shape index (κ1) is 17.7. The van der Waals surface area contributed by atoms with E-state index in [1.165, 1.54) is 0 Å². The van der Waals surface area contributed by atoms with E-state index in [1.54, 1.807) is 12.3 Å². The highest BCUT2D eigenvalue weighted by atomic mass is 16.5. The van der Waals surface area contributed by atoms with Crippen LogP contribution in [0.3, 0.4) is 0 Å². The summed E-state index contributed by atoms with van der Waals surface area (Å²) in [5.74, 6) is -0.141. The van der Waals surface area contributed by atoms with Crippen LogP contribution in [0.1, 0.15) is 31.0 Å². The Hall–Kier alpha value is -3.08. The maximum absolute atomic E-state index is 11.1. The number of hydrogen-bond acceptors (Lipinski definition) is 3. The molecule has 1 N–H and O–H groups in total. The molecule has 5 nitrogen and oxygen atoms in total. The van der Waals surface area contributed by atoms with Crippen LogP contribution in [0, 0.1) is 0 Å². The molecule has 134 valence electrons. The second-order valence-corrected chi connectivity index (χ2v) is 6.48. The van der Waals surface area contributed by atoms with Crippen LogP contribution in [0.25, 0.3) is 11.1 Å². The molecule has 1 heterocycles. The quantitative estimate of drug-likeness (QED) is 0.688. The summed E-state index contributed by atoms with van der Waals surface area (Å²) in [4.78, 5) is 11.1. The fourth-order valence-corrected chi connectivity index (χ4v) is 2.71. The van der Waals surface area contributed by atoms with Crippen LogP contribution in [0.2, 0.25) is 0 Å². The lowest BCUT2D eigenvalue weighted by molar-refractivity contribution is -0.136. The van der Waals surface area contributed by atoms with E-state index < -0.39 is 5.97 Å². The molecule has 0 aliphatic heterocycles. The Labute approximate surface area is 152 Å². The zero-order valence-electron chi connectivity index (χ0n) is 14.9. The van der Waals surface area contributed by atoms with E-state index in [4.69, 9.17) is 9.84 Å². The minimum Gasteiger partial charge on any atom is -0.488 e. The van der Waals surface area contributed by atoms with Crippen LogP contribution >= 0.6 is 0 Å². The number of carboxylic acids is 1. The fourth-order valence-electron chi connectivity index (χ4n) is 2.71. The lowest BCUT2D eigenvalue weighted by atomic mass is 10.0. The van der Waals surface area contributed by atoms with Crippen LogP contribution in [0.4, 0.5) is 0 Å². The standard InChI is InChI=1S/C21H22N2O3/c1-15(2)23-13-18(12-22-23)19-10-17(11-21(24)25)8-9-20(19)26-14-16-6-4-3-5-7-16/h3-10,12-13,15H,11,14H2,1-2H3,(H,24,25). The predicted molar refractivity (Wildman–Crippen MR) is 100 cm³/mol. The van der Waals surface area contributed by atoms with Crippen molar-refractivity contribution in [1.82, 2.24) is 9.78 Å². The summed E-state index contributed by atoms with van der Waals surface area (Å²) in [6.45, 7) is 4.57. The normalized spacial score (nSPS) is 10.9. The Morgan fingerprint density at radius 1 is 1.15 bits per heavy atom. The van der Waals surface area contributed by atoms with Gasteiger partial charge in [0.1, 0.15) is 12.4 Å². The molecule has 5 heteroatoms. The van der Waals surface area contributed by atoms with Crippen LogP contribution in [-0.2, 0) is 17.8 Å². The van der Waals surface area contributed by atoms with Gasteiger partial charge in [0.15, 0.2) is 0 Å². The molecular formula is C21H22N2O3. The second-order valence-electron chi connectivity index (χ2n) is 6.48. The highest BCUT2D eigenvalue weighted by molar-refractivity contribution is 5.74. The van der Waals surface area contributed by atoms with Crippen molar-refractivity contribution in [2.45, 2.75) is 32.9 Å². The molecule has 0 aliphatic carbocycles.